The maximum atomic E-state index is 12.7. The van der Waals surface area contributed by atoms with Crippen LogP contribution in [0.1, 0.15) is 30.1 Å². The average molecular weight is 384 g/mol. The van der Waals surface area contributed by atoms with Crippen LogP contribution < -0.4 is 10.0 Å². The molecule has 4 rings (SSSR count). The van der Waals surface area contributed by atoms with Crippen LogP contribution in [0.5, 0.6) is 0 Å². The smallest absolute Gasteiger partial charge is 0.258 e. The van der Waals surface area contributed by atoms with E-state index in [-0.39, 0.29) is 16.5 Å². The van der Waals surface area contributed by atoms with Gasteiger partial charge in [-0.05, 0) is 50.1 Å². The van der Waals surface area contributed by atoms with Crippen molar-refractivity contribution in [3.05, 3.63) is 54.1 Å². The molecule has 0 unspecified atom stereocenters. The van der Waals surface area contributed by atoms with Gasteiger partial charge < -0.3 is 4.57 Å². The van der Waals surface area contributed by atoms with Crippen molar-refractivity contribution in [1.29, 1.82) is 0 Å². The lowest BCUT2D eigenvalue weighted by Crippen LogP contribution is -2.26. The summed E-state index contributed by atoms with van der Waals surface area (Å²) in [6.07, 6.45) is 1.71. The molecule has 1 aliphatic carbocycles. The topological polar surface area (TPSA) is 93.1 Å². The second kappa shape index (κ2) is 6.79. The summed E-state index contributed by atoms with van der Waals surface area (Å²) in [6, 6.07) is 13.7. The van der Waals surface area contributed by atoms with E-state index < -0.39 is 15.9 Å². The molecule has 8 heteroatoms. The lowest BCUT2D eigenvalue weighted by Gasteiger charge is -2.09. The monoisotopic (exact) mass is 384 g/mol. The van der Waals surface area contributed by atoms with E-state index in [2.05, 4.69) is 15.0 Å². The van der Waals surface area contributed by atoms with Crippen LogP contribution in [0.4, 0.5) is 5.95 Å². The van der Waals surface area contributed by atoms with Gasteiger partial charge in [-0.25, -0.2) is 18.1 Å². The molecule has 0 bridgehead atoms. The number of carbonyl (C=O) groups is 1. The van der Waals surface area contributed by atoms with Gasteiger partial charge in [0.15, 0.2) is 0 Å². The summed E-state index contributed by atoms with van der Waals surface area (Å²) in [7, 11) is -3.61. The summed E-state index contributed by atoms with van der Waals surface area (Å²) in [5.41, 5.74) is 1.99. The second-order valence-electron chi connectivity index (χ2n) is 6.55. The summed E-state index contributed by atoms with van der Waals surface area (Å²) in [4.78, 5) is 17.3. The number of benzene rings is 2. The molecule has 1 aliphatic rings. The zero-order valence-electron chi connectivity index (χ0n) is 14.8. The molecule has 1 aromatic heterocycles. The number of hydrogen-bond donors (Lipinski definition) is 2. The minimum Gasteiger partial charge on any atom is -0.310 e. The van der Waals surface area contributed by atoms with E-state index in [1.165, 1.54) is 12.1 Å². The van der Waals surface area contributed by atoms with Gasteiger partial charge in [0.1, 0.15) is 0 Å². The van der Waals surface area contributed by atoms with Crippen molar-refractivity contribution in [3.63, 3.8) is 0 Å². The van der Waals surface area contributed by atoms with Crippen molar-refractivity contribution < 1.29 is 13.2 Å². The Morgan fingerprint density at radius 2 is 1.96 bits per heavy atom. The number of anilines is 1. The number of para-hydroxylation sites is 2. The summed E-state index contributed by atoms with van der Waals surface area (Å²) < 4.78 is 29.3. The number of rotatable bonds is 6. The first-order valence-electron chi connectivity index (χ1n) is 8.87. The number of imidazole rings is 1. The van der Waals surface area contributed by atoms with Crippen LogP contribution in [0.25, 0.3) is 11.0 Å². The van der Waals surface area contributed by atoms with E-state index in [9.17, 15) is 13.2 Å². The SMILES string of the molecule is CCn1c(NC(=O)c2cccc(S(=O)(=O)NC3CC3)c2)nc2ccccc21. The third kappa shape index (κ3) is 3.58. The number of amides is 1. The zero-order chi connectivity index (χ0) is 19.0. The molecule has 1 amide bonds. The van der Waals surface area contributed by atoms with Crippen LogP contribution in [0.2, 0.25) is 0 Å². The van der Waals surface area contributed by atoms with E-state index in [4.69, 9.17) is 0 Å². The molecule has 140 valence electrons. The highest BCUT2D eigenvalue weighted by atomic mass is 32.2. The Morgan fingerprint density at radius 1 is 1.19 bits per heavy atom. The molecule has 3 aromatic rings. The number of aromatic nitrogens is 2. The Morgan fingerprint density at radius 3 is 2.70 bits per heavy atom. The van der Waals surface area contributed by atoms with Crippen LogP contribution in [0.3, 0.4) is 0 Å². The number of aryl methyl sites for hydroxylation is 1. The lowest BCUT2D eigenvalue weighted by atomic mass is 10.2. The van der Waals surface area contributed by atoms with E-state index in [0.717, 1.165) is 23.9 Å². The predicted octanol–water partition coefficient (Wildman–Crippen LogP) is 2.75. The molecule has 0 spiro atoms. The molecule has 2 aromatic carbocycles. The lowest BCUT2D eigenvalue weighted by molar-refractivity contribution is 0.102. The van der Waals surface area contributed by atoms with E-state index in [1.807, 2.05) is 35.8 Å². The number of hydrogen-bond acceptors (Lipinski definition) is 4. The van der Waals surface area contributed by atoms with Crippen LogP contribution in [0.15, 0.2) is 53.4 Å². The van der Waals surface area contributed by atoms with Crippen LogP contribution in [0, 0.1) is 0 Å². The Hall–Kier alpha value is -2.71. The van der Waals surface area contributed by atoms with E-state index in [1.54, 1.807) is 12.1 Å². The van der Waals surface area contributed by atoms with E-state index >= 15 is 0 Å². The van der Waals surface area contributed by atoms with Crippen molar-refractivity contribution >= 4 is 32.9 Å². The minimum absolute atomic E-state index is 0.0111. The maximum absolute atomic E-state index is 12.7. The Balaban J connectivity index is 1.61. The van der Waals surface area contributed by atoms with Crippen LogP contribution in [-0.4, -0.2) is 29.9 Å². The van der Waals surface area contributed by atoms with Gasteiger partial charge in [-0.1, -0.05) is 18.2 Å². The van der Waals surface area contributed by atoms with Crippen molar-refractivity contribution in [2.75, 3.05) is 5.32 Å². The first-order valence-corrected chi connectivity index (χ1v) is 10.4. The highest BCUT2D eigenvalue weighted by Gasteiger charge is 2.28. The molecule has 2 N–H and O–H groups in total. The molecule has 0 atom stereocenters. The molecule has 27 heavy (non-hydrogen) atoms. The fourth-order valence-electron chi connectivity index (χ4n) is 2.96. The Labute approximate surface area is 157 Å². The fourth-order valence-corrected chi connectivity index (χ4v) is 4.31. The van der Waals surface area contributed by atoms with Gasteiger partial charge in [0.2, 0.25) is 16.0 Å². The second-order valence-corrected chi connectivity index (χ2v) is 8.26. The van der Waals surface area contributed by atoms with E-state index in [0.29, 0.717) is 12.5 Å². The molecule has 1 heterocycles. The van der Waals surface area contributed by atoms with Crippen LogP contribution >= 0.6 is 0 Å². The summed E-state index contributed by atoms with van der Waals surface area (Å²) in [5.74, 6) is 0.0385. The number of fused-ring (bicyclic) bond motifs is 1. The zero-order valence-corrected chi connectivity index (χ0v) is 15.7. The third-order valence-electron chi connectivity index (χ3n) is 4.50. The van der Waals surface area contributed by atoms with Gasteiger partial charge in [-0.15, -0.1) is 0 Å². The van der Waals surface area contributed by atoms with Crippen molar-refractivity contribution in [1.82, 2.24) is 14.3 Å². The average Bonchev–Trinajstić information content (AvgIpc) is 3.39. The Kier molecular flexibility index (Phi) is 4.45. The number of nitrogens with one attached hydrogen (secondary N) is 2. The van der Waals surface area contributed by atoms with Gasteiger partial charge in [-0.3, -0.25) is 10.1 Å². The van der Waals surface area contributed by atoms with Gasteiger partial charge in [0.05, 0.1) is 15.9 Å². The van der Waals surface area contributed by atoms with Gasteiger partial charge in [0, 0.05) is 18.2 Å². The number of nitrogens with zero attached hydrogens (tertiary/aromatic N) is 2. The largest absolute Gasteiger partial charge is 0.310 e. The normalized spacial score (nSPS) is 14.4. The predicted molar refractivity (Wildman–Crippen MR) is 103 cm³/mol. The molecule has 0 aliphatic heterocycles. The highest BCUT2D eigenvalue weighted by molar-refractivity contribution is 7.89. The molecule has 1 fully saturated rings. The molecular weight excluding hydrogens is 364 g/mol. The first-order chi connectivity index (χ1) is 13.0. The first kappa shape index (κ1) is 17.7. The third-order valence-corrected chi connectivity index (χ3v) is 6.02. The van der Waals surface area contributed by atoms with Crippen LogP contribution in [-0.2, 0) is 16.6 Å². The quantitative estimate of drug-likeness (QED) is 0.683. The van der Waals surface area contributed by atoms with Gasteiger partial charge >= 0.3 is 0 Å². The molecule has 0 radical (unpaired) electrons. The molecule has 7 nitrogen and oxygen atoms in total. The highest BCUT2D eigenvalue weighted by Crippen LogP contribution is 2.23. The number of carbonyl (C=O) groups excluding carboxylic acids is 1. The fraction of sp³-hybridized carbons (Fsp3) is 0.263. The number of sulfonamides is 1. The summed E-state index contributed by atoms with van der Waals surface area (Å²) in [5, 5.41) is 2.80. The van der Waals surface area contributed by atoms with Crippen molar-refractivity contribution in [3.8, 4) is 0 Å². The minimum atomic E-state index is -3.61. The standard InChI is InChI=1S/C19H20N4O3S/c1-2-23-17-9-4-3-8-16(17)20-19(23)21-18(24)13-6-5-7-15(12-13)27(25,26)22-14-10-11-14/h3-9,12,14,22H,2,10-11H2,1H3,(H,20,21,24). The molecular formula is C19H20N4O3S. The maximum Gasteiger partial charge on any atom is 0.258 e. The summed E-state index contributed by atoms with van der Waals surface area (Å²) >= 11 is 0. The summed E-state index contributed by atoms with van der Waals surface area (Å²) in [6.45, 7) is 2.62. The Bertz CT molecular complexity index is 1120. The molecule has 0 saturated heterocycles. The molecule has 1 saturated carbocycles. The van der Waals surface area contributed by atoms with Gasteiger partial charge in [-0.2, -0.15) is 0 Å². The van der Waals surface area contributed by atoms with Crippen molar-refractivity contribution in [2.45, 2.75) is 37.2 Å². The van der Waals surface area contributed by atoms with Gasteiger partial charge in [0.25, 0.3) is 5.91 Å². The van der Waals surface area contributed by atoms with Crippen molar-refractivity contribution in [2.24, 2.45) is 0 Å².